The number of para-hydroxylation sites is 1. The lowest BCUT2D eigenvalue weighted by Crippen LogP contribution is -2.12. The molecule has 2 aromatic carbocycles. The maximum atomic E-state index is 13.0. The fourth-order valence-electron chi connectivity index (χ4n) is 1.85. The maximum Gasteiger partial charge on any atom is 0.126 e. The molecule has 0 atom stereocenters. The van der Waals surface area contributed by atoms with E-state index in [1.165, 1.54) is 12.1 Å². The molecule has 106 valence electrons. The van der Waals surface area contributed by atoms with Gasteiger partial charge in [-0.25, -0.2) is 4.39 Å². The Hall–Kier alpha value is -2.07. The van der Waals surface area contributed by atoms with Crippen molar-refractivity contribution in [2.24, 2.45) is 0 Å². The summed E-state index contributed by atoms with van der Waals surface area (Å²) in [6, 6.07) is 13.9. The zero-order valence-corrected chi connectivity index (χ0v) is 11.4. The van der Waals surface area contributed by atoms with Crippen LogP contribution in [0.15, 0.2) is 48.5 Å². The standard InChI is InChI=1S/C16H18FNO2/c1-18-12-13-5-2-3-8-16(13)20-10-9-19-15-7-4-6-14(17)11-15/h2-8,11,18H,9-10,12H2,1H3. The summed E-state index contributed by atoms with van der Waals surface area (Å²) in [6.45, 7) is 1.54. The highest BCUT2D eigenvalue weighted by molar-refractivity contribution is 5.33. The largest absolute Gasteiger partial charge is 0.490 e. The average molecular weight is 275 g/mol. The van der Waals surface area contributed by atoms with Crippen LogP contribution in [-0.4, -0.2) is 20.3 Å². The van der Waals surface area contributed by atoms with Crippen LogP contribution in [0.5, 0.6) is 11.5 Å². The van der Waals surface area contributed by atoms with E-state index in [0.29, 0.717) is 19.0 Å². The Morgan fingerprint density at radius 1 is 1.00 bits per heavy atom. The van der Waals surface area contributed by atoms with E-state index in [9.17, 15) is 4.39 Å². The number of hydrogen-bond acceptors (Lipinski definition) is 3. The van der Waals surface area contributed by atoms with E-state index in [-0.39, 0.29) is 5.82 Å². The van der Waals surface area contributed by atoms with Crippen molar-refractivity contribution in [3.05, 3.63) is 59.9 Å². The molecule has 1 N–H and O–H groups in total. The molecule has 0 aliphatic rings. The SMILES string of the molecule is CNCc1ccccc1OCCOc1cccc(F)c1. The minimum absolute atomic E-state index is 0.303. The summed E-state index contributed by atoms with van der Waals surface area (Å²) in [7, 11) is 1.89. The number of nitrogens with one attached hydrogen (secondary N) is 1. The number of ether oxygens (including phenoxy) is 2. The van der Waals surface area contributed by atoms with Gasteiger partial charge in [-0.05, 0) is 25.2 Å². The van der Waals surface area contributed by atoms with Gasteiger partial charge in [0.15, 0.2) is 0 Å². The van der Waals surface area contributed by atoms with Crippen molar-refractivity contribution in [3.8, 4) is 11.5 Å². The Morgan fingerprint density at radius 3 is 2.60 bits per heavy atom. The summed E-state index contributed by atoms with van der Waals surface area (Å²) in [4.78, 5) is 0. The van der Waals surface area contributed by atoms with Crippen molar-refractivity contribution in [1.82, 2.24) is 5.32 Å². The smallest absolute Gasteiger partial charge is 0.126 e. The molecule has 4 heteroatoms. The molecule has 0 spiro atoms. The molecule has 0 radical (unpaired) electrons. The van der Waals surface area contributed by atoms with Crippen molar-refractivity contribution in [3.63, 3.8) is 0 Å². The summed E-state index contributed by atoms with van der Waals surface area (Å²) in [6.07, 6.45) is 0. The first kappa shape index (κ1) is 14.3. The molecule has 0 aromatic heterocycles. The molecule has 2 aromatic rings. The van der Waals surface area contributed by atoms with Crippen LogP contribution in [0, 0.1) is 5.82 Å². The average Bonchev–Trinajstić information content (AvgIpc) is 2.46. The van der Waals surface area contributed by atoms with E-state index in [4.69, 9.17) is 9.47 Å². The quantitative estimate of drug-likeness (QED) is 0.788. The number of benzene rings is 2. The van der Waals surface area contributed by atoms with Gasteiger partial charge in [0.05, 0.1) is 0 Å². The Bertz CT molecular complexity index is 546. The van der Waals surface area contributed by atoms with Gasteiger partial charge < -0.3 is 14.8 Å². The lowest BCUT2D eigenvalue weighted by Gasteiger charge is -2.12. The summed E-state index contributed by atoms with van der Waals surface area (Å²) in [5.74, 6) is 1.05. The molecule has 2 rings (SSSR count). The second-order valence-corrected chi connectivity index (χ2v) is 4.29. The predicted molar refractivity (Wildman–Crippen MR) is 76.6 cm³/mol. The van der Waals surface area contributed by atoms with E-state index in [1.54, 1.807) is 12.1 Å². The first-order valence-electron chi connectivity index (χ1n) is 6.53. The van der Waals surface area contributed by atoms with Crippen molar-refractivity contribution in [2.75, 3.05) is 20.3 Å². The van der Waals surface area contributed by atoms with Crippen LogP contribution in [0.3, 0.4) is 0 Å². The number of hydrogen-bond donors (Lipinski definition) is 1. The maximum absolute atomic E-state index is 13.0. The van der Waals surface area contributed by atoms with E-state index < -0.39 is 0 Å². The third kappa shape index (κ3) is 4.24. The van der Waals surface area contributed by atoms with E-state index in [2.05, 4.69) is 5.32 Å². The third-order valence-corrected chi connectivity index (χ3v) is 2.75. The molecule has 3 nitrogen and oxygen atoms in total. The Kier molecular flexibility index (Phi) is 5.38. The van der Waals surface area contributed by atoms with Gasteiger partial charge in [0, 0.05) is 18.2 Å². The van der Waals surface area contributed by atoms with Crippen LogP contribution in [0.1, 0.15) is 5.56 Å². The fraction of sp³-hybridized carbons (Fsp3) is 0.250. The minimum Gasteiger partial charge on any atom is -0.490 e. The first-order chi connectivity index (χ1) is 9.79. The van der Waals surface area contributed by atoms with Crippen LogP contribution in [0.25, 0.3) is 0 Å². The van der Waals surface area contributed by atoms with Gasteiger partial charge in [-0.2, -0.15) is 0 Å². The zero-order chi connectivity index (χ0) is 14.2. The van der Waals surface area contributed by atoms with Crippen molar-refractivity contribution in [2.45, 2.75) is 6.54 Å². The third-order valence-electron chi connectivity index (χ3n) is 2.75. The molecule has 0 aliphatic carbocycles. The van der Waals surface area contributed by atoms with E-state index in [0.717, 1.165) is 17.9 Å². The lowest BCUT2D eigenvalue weighted by molar-refractivity contribution is 0.215. The molecule has 0 unspecified atom stereocenters. The number of halogens is 1. The van der Waals surface area contributed by atoms with Crippen molar-refractivity contribution in [1.29, 1.82) is 0 Å². The van der Waals surface area contributed by atoms with Gasteiger partial charge in [0.2, 0.25) is 0 Å². The molecular formula is C16H18FNO2. The fourth-order valence-corrected chi connectivity index (χ4v) is 1.85. The molecule has 0 saturated heterocycles. The minimum atomic E-state index is -0.303. The van der Waals surface area contributed by atoms with Gasteiger partial charge in [-0.1, -0.05) is 24.3 Å². The molecule has 0 saturated carbocycles. The van der Waals surface area contributed by atoms with Gasteiger partial charge in [-0.3, -0.25) is 0 Å². The van der Waals surface area contributed by atoms with Crippen LogP contribution in [-0.2, 0) is 6.54 Å². The van der Waals surface area contributed by atoms with E-state index >= 15 is 0 Å². The molecular weight excluding hydrogens is 257 g/mol. The summed E-state index contributed by atoms with van der Waals surface area (Å²) in [5, 5.41) is 3.09. The zero-order valence-electron chi connectivity index (χ0n) is 11.4. The van der Waals surface area contributed by atoms with Gasteiger partial charge in [0.1, 0.15) is 30.5 Å². The van der Waals surface area contributed by atoms with Gasteiger partial charge >= 0.3 is 0 Å². The Balaban J connectivity index is 1.81. The highest BCUT2D eigenvalue weighted by atomic mass is 19.1. The number of rotatable bonds is 7. The normalized spacial score (nSPS) is 10.3. The predicted octanol–water partition coefficient (Wildman–Crippen LogP) is 3.00. The van der Waals surface area contributed by atoms with Crippen LogP contribution < -0.4 is 14.8 Å². The Labute approximate surface area is 118 Å². The molecule has 0 heterocycles. The Morgan fingerprint density at radius 2 is 1.80 bits per heavy atom. The van der Waals surface area contributed by atoms with Crippen molar-refractivity contribution < 1.29 is 13.9 Å². The monoisotopic (exact) mass is 275 g/mol. The molecule has 0 fully saturated rings. The van der Waals surface area contributed by atoms with Gasteiger partial charge in [0.25, 0.3) is 0 Å². The van der Waals surface area contributed by atoms with Gasteiger partial charge in [-0.15, -0.1) is 0 Å². The van der Waals surface area contributed by atoms with Crippen LogP contribution in [0.4, 0.5) is 4.39 Å². The second kappa shape index (κ2) is 7.50. The highest BCUT2D eigenvalue weighted by Gasteiger charge is 2.02. The molecule has 0 aliphatic heterocycles. The topological polar surface area (TPSA) is 30.5 Å². The molecule has 0 bridgehead atoms. The van der Waals surface area contributed by atoms with E-state index in [1.807, 2.05) is 31.3 Å². The molecule has 0 amide bonds. The summed E-state index contributed by atoms with van der Waals surface area (Å²) in [5.41, 5.74) is 1.10. The van der Waals surface area contributed by atoms with Crippen LogP contribution >= 0.6 is 0 Å². The van der Waals surface area contributed by atoms with Crippen LogP contribution in [0.2, 0.25) is 0 Å². The van der Waals surface area contributed by atoms with Crippen molar-refractivity contribution >= 4 is 0 Å². The first-order valence-corrected chi connectivity index (χ1v) is 6.53. The summed E-state index contributed by atoms with van der Waals surface area (Å²) >= 11 is 0. The summed E-state index contributed by atoms with van der Waals surface area (Å²) < 4.78 is 24.1. The highest BCUT2D eigenvalue weighted by Crippen LogP contribution is 2.17. The lowest BCUT2D eigenvalue weighted by atomic mass is 10.2. The molecule has 20 heavy (non-hydrogen) atoms. The second-order valence-electron chi connectivity index (χ2n) is 4.29.